The number of rotatable bonds is 1. The fourth-order valence-electron chi connectivity index (χ4n) is 5.60. The fourth-order valence-corrected chi connectivity index (χ4v) is 5.60. The molecule has 6 heteroatoms. The topological polar surface area (TPSA) is 90.2 Å². The number of nitrogens with zero attached hydrogens (tertiary/aromatic N) is 1. The van der Waals surface area contributed by atoms with Gasteiger partial charge in [-0.25, -0.2) is 0 Å². The van der Waals surface area contributed by atoms with Crippen LogP contribution < -0.4 is 4.74 Å². The Morgan fingerprint density at radius 2 is 2.21 bits per heavy atom. The van der Waals surface area contributed by atoms with Crippen molar-refractivity contribution in [1.82, 2.24) is 4.90 Å². The Labute approximate surface area is 139 Å². The van der Waals surface area contributed by atoms with Crippen LogP contribution in [0.15, 0.2) is 24.3 Å². The summed E-state index contributed by atoms with van der Waals surface area (Å²) in [5.74, 6) is -0.181. The van der Waals surface area contributed by atoms with Crippen molar-refractivity contribution in [3.8, 4) is 11.5 Å². The van der Waals surface area contributed by atoms with Crippen molar-refractivity contribution in [3.63, 3.8) is 0 Å². The standard InChI is InChI=1S/C18H19NO5/c1-19-7-6-16-14-10-2-3-11(21)15(14)24-18(16,9-20)13(22)4-5-17(16,23)12(19)8-10/h2-5,12,20-21,23H,6-9H2,1H3/t12-,16-,17-,18+/m1/s1. The highest BCUT2D eigenvalue weighted by Gasteiger charge is 2.78. The predicted molar refractivity (Wildman–Crippen MR) is 84.1 cm³/mol. The zero-order chi connectivity index (χ0) is 16.9. The molecule has 2 heterocycles. The summed E-state index contributed by atoms with van der Waals surface area (Å²) in [6, 6.07) is 3.18. The molecule has 6 nitrogen and oxygen atoms in total. The third-order valence-electron chi connectivity index (χ3n) is 6.70. The van der Waals surface area contributed by atoms with Crippen molar-refractivity contribution < 1.29 is 24.9 Å². The lowest BCUT2D eigenvalue weighted by molar-refractivity contribution is -0.184. The Bertz CT molecular complexity index is 820. The van der Waals surface area contributed by atoms with Crippen LogP contribution in [0.3, 0.4) is 0 Å². The average Bonchev–Trinajstić information content (AvgIpc) is 2.88. The molecule has 24 heavy (non-hydrogen) atoms. The van der Waals surface area contributed by atoms with Gasteiger partial charge in [0.15, 0.2) is 11.5 Å². The number of piperidine rings is 1. The molecular weight excluding hydrogens is 310 g/mol. The highest BCUT2D eigenvalue weighted by atomic mass is 16.5. The van der Waals surface area contributed by atoms with Gasteiger partial charge in [-0.15, -0.1) is 0 Å². The van der Waals surface area contributed by atoms with Gasteiger partial charge in [0.05, 0.1) is 12.0 Å². The molecule has 5 rings (SSSR count). The number of hydrogen-bond donors (Lipinski definition) is 3. The molecule has 1 fully saturated rings. The lowest BCUT2D eigenvalue weighted by Crippen LogP contribution is -2.79. The average molecular weight is 329 g/mol. The predicted octanol–water partition coefficient (Wildman–Crippen LogP) is -0.116. The maximum atomic E-state index is 12.8. The summed E-state index contributed by atoms with van der Waals surface area (Å²) in [4.78, 5) is 14.9. The van der Waals surface area contributed by atoms with Gasteiger partial charge < -0.3 is 20.1 Å². The van der Waals surface area contributed by atoms with E-state index in [2.05, 4.69) is 4.90 Å². The van der Waals surface area contributed by atoms with Gasteiger partial charge in [-0.3, -0.25) is 9.69 Å². The second-order valence-electron chi connectivity index (χ2n) is 7.41. The number of likely N-dealkylation sites (tertiary alicyclic amines) is 1. The second-order valence-corrected chi connectivity index (χ2v) is 7.41. The van der Waals surface area contributed by atoms with E-state index in [9.17, 15) is 20.1 Å². The molecule has 1 saturated heterocycles. The normalized spacial score (nSPS) is 42.0. The largest absolute Gasteiger partial charge is 0.504 e. The number of ketones is 1. The smallest absolute Gasteiger partial charge is 0.206 e. The van der Waals surface area contributed by atoms with Crippen LogP contribution in [0.5, 0.6) is 11.5 Å². The van der Waals surface area contributed by atoms with E-state index in [1.54, 1.807) is 12.1 Å². The van der Waals surface area contributed by atoms with Crippen molar-refractivity contribution in [2.24, 2.45) is 0 Å². The molecule has 0 aromatic heterocycles. The SMILES string of the molecule is CN1CC[C@]23c4c5ccc(O)c4O[C@@]2(CO)C(=O)C=C[C@@]3(O)[C@H]1C5. The van der Waals surface area contributed by atoms with Crippen LogP contribution in [0.4, 0.5) is 0 Å². The molecule has 0 unspecified atom stereocenters. The maximum Gasteiger partial charge on any atom is 0.206 e. The Balaban J connectivity index is 1.95. The van der Waals surface area contributed by atoms with E-state index in [1.165, 1.54) is 6.08 Å². The zero-order valence-corrected chi connectivity index (χ0v) is 13.3. The number of ether oxygens (including phenoxy) is 1. The fraction of sp³-hybridized carbons (Fsp3) is 0.500. The molecule has 1 spiro atoms. The van der Waals surface area contributed by atoms with Gasteiger partial charge in [0.2, 0.25) is 11.4 Å². The number of aromatic hydroxyl groups is 1. The summed E-state index contributed by atoms with van der Waals surface area (Å²) in [6.07, 6.45) is 3.97. The number of carbonyl (C=O) groups excluding carboxylic acids is 1. The summed E-state index contributed by atoms with van der Waals surface area (Å²) in [5.41, 5.74) is -2.32. The molecule has 2 aliphatic heterocycles. The van der Waals surface area contributed by atoms with E-state index in [0.717, 1.165) is 5.56 Å². The molecule has 1 aromatic carbocycles. The van der Waals surface area contributed by atoms with Crippen molar-refractivity contribution in [2.75, 3.05) is 20.2 Å². The molecule has 4 aliphatic rings. The van der Waals surface area contributed by atoms with Gasteiger partial charge in [0.1, 0.15) is 5.60 Å². The van der Waals surface area contributed by atoms with E-state index < -0.39 is 23.2 Å². The first-order chi connectivity index (χ1) is 11.4. The Morgan fingerprint density at radius 3 is 2.96 bits per heavy atom. The number of benzene rings is 1. The zero-order valence-electron chi connectivity index (χ0n) is 13.3. The van der Waals surface area contributed by atoms with Gasteiger partial charge in [-0.2, -0.15) is 0 Å². The van der Waals surface area contributed by atoms with E-state index in [-0.39, 0.29) is 23.3 Å². The minimum Gasteiger partial charge on any atom is -0.504 e. The number of likely N-dealkylation sites (N-methyl/N-ethyl adjacent to an activating group) is 1. The van der Waals surface area contributed by atoms with Crippen molar-refractivity contribution in [2.45, 2.75) is 35.5 Å². The first kappa shape index (κ1) is 14.5. The van der Waals surface area contributed by atoms with Crippen LogP contribution in [0, 0.1) is 0 Å². The third-order valence-corrected chi connectivity index (χ3v) is 6.70. The van der Waals surface area contributed by atoms with Crippen molar-refractivity contribution in [1.29, 1.82) is 0 Å². The molecule has 0 radical (unpaired) electrons. The molecule has 0 saturated carbocycles. The summed E-state index contributed by atoms with van der Waals surface area (Å²) in [6.45, 7) is 0.135. The molecule has 2 bridgehead atoms. The van der Waals surface area contributed by atoms with E-state index in [4.69, 9.17) is 4.74 Å². The molecule has 0 amide bonds. The van der Waals surface area contributed by atoms with E-state index in [1.807, 2.05) is 13.1 Å². The van der Waals surface area contributed by atoms with Crippen LogP contribution in [-0.4, -0.2) is 63.4 Å². The Morgan fingerprint density at radius 1 is 1.42 bits per heavy atom. The van der Waals surface area contributed by atoms with Crippen LogP contribution in [0.1, 0.15) is 17.5 Å². The molecule has 4 atom stereocenters. The third kappa shape index (κ3) is 1.17. The van der Waals surface area contributed by atoms with Crippen LogP contribution >= 0.6 is 0 Å². The minimum absolute atomic E-state index is 0.0575. The van der Waals surface area contributed by atoms with Crippen LogP contribution in [-0.2, 0) is 16.6 Å². The summed E-state index contributed by atoms with van der Waals surface area (Å²) < 4.78 is 5.98. The quantitative estimate of drug-likeness (QED) is 0.666. The highest BCUT2D eigenvalue weighted by Crippen LogP contribution is 2.66. The number of aliphatic hydroxyl groups is 2. The molecule has 1 aromatic rings. The van der Waals surface area contributed by atoms with Gasteiger partial charge in [0, 0.05) is 11.6 Å². The van der Waals surface area contributed by atoms with Crippen LogP contribution in [0.25, 0.3) is 0 Å². The van der Waals surface area contributed by atoms with Crippen LogP contribution in [0.2, 0.25) is 0 Å². The number of aliphatic hydroxyl groups excluding tert-OH is 1. The summed E-state index contributed by atoms with van der Waals surface area (Å²) >= 11 is 0. The molecular formula is C18H19NO5. The van der Waals surface area contributed by atoms with E-state index >= 15 is 0 Å². The first-order valence-corrected chi connectivity index (χ1v) is 8.23. The lowest BCUT2D eigenvalue weighted by atomic mass is 9.47. The van der Waals surface area contributed by atoms with Gasteiger partial charge >= 0.3 is 0 Å². The minimum atomic E-state index is -1.58. The van der Waals surface area contributed by atoms with Crippen molar-refractivity contribution >= 4 is 5.78 Å². The summed E-state index contributed by atoms with van der Waals surface area (Å²) in [7, 11) is 1.96. The Kier molecular flexibility index (Phi) is 2.42. The monoisotopic (exact) mass is 329 g/mol. The number of phenols is 1. The number of carbonyl (C=O) groups is 1. The first-order valence-electron chi connectivity index (χ1n) is 8.23. The molecule has 126 valence electrons. The highest BCUT2D eigenvalue weighted by molar-refractivity contribution is 6.02. The second kappa shape index (κ2) is 4.02. The van der Waals surface area contributed by atoms with Gasteiger partial charge in [-0.1, -0.05) is 6.07 Å². The van der Waals surface area contributed by atoms with E-state index in [0.29, 0.717) is 24.9 Å². The van der Waals surface area contributed by atoms with Gasteiger partial charge in [-0.05, 0) is 50.2 Å². The number of phenolic OH excluding ortho intramolecular Hbond substituents is 1. The maximum absolute atomic E-state index is 12.8. The van der Waals surface area contributed by atoms with Crippen molar-refractivity contribution in [3.05, 3.63) is 35.4 Å². The van der Waals surface area contributed by atoms with Gasteiger partial charge in [0.25, 0.3) is 0 Å². The lowest BCUT2D eigenvalue weighted by Gasteiger charge is -2.62. The number of hydrogen-bond acceptors (Lipinski definition) is 6. The molecule has 2 aliphatic carbocycles. The molecule has 3 N–H and O–H groups in total. The summed E-state index contributed by atoms with van der Waals surface area (Å²) in [5, 5.41) is 32.3. The Hall–Kier alpha value is -1.89.